The quantitative estimate of drug-likeness (QED) is 0.178. The summed E-state index contributed by atoms with van der Waals surface area (Å²) in [5.41, 5.74) is 0. The van der Waals surface area contributed by atoms with Gasteiger partial charge in [0.2, 0.25) is 23.0 Å². The molecule has 7 N–H and O–H groups in total. The molecular weight excluding hydrogens is 592 g/mol. The Bertz CT molecular complexity index is 1400. The molecule has 19 heteroatoms. The highest BCUT2D eigenvalue weighted by Crippen LogP contribution is 2.07. The van der Waals surface area contributed by atoms with Crippen LogP contribution in [0.5, 0.6) is 0 Å². The highest BCUT2D eigenvalue weighted by atomic mass is 16.7. The molecule has 43 heavy (non-hydrogen) atoms. The zero-order valence-corrected chi connectivity index (χ0v) is 21.1. The van der Waals surface area contributed by atoms with Crippen LogP contribution in [0.15, 0.2) is 66.2 Å². The summed E-state index contributed by atoms with van der Waals surface area (Å²) in [5.74, 6) is -5.38. The second-order valence-electron chi connectivity index (χ2n) is 6.60. The maximum Gasteiger partial charge on any atom is 0.371 e. The first kappa shape index (κ1) is 38.7. The summed E-state index contributed by atoms with van der Waals surface area (Å²) in [6.45, 7) is -0.159. The van der Waals surface area contributed by atoms with Crippen LogP contribution in [0.25, 0.3) is 0 Å². The van der Waals surface area contributed by atoms with Gasteiger partial charge in [-0.05, 0) is 48.5 Å². The summed E-state index contributed by atoms with van der Waals surface area (Å²) in [6, 6.07) is 10.3. The third kappa shape index (κ3) is 13.9. The number of carbonyl (C=O) groups excluding carboxylic acids is 3. The van der Waals surface area contributed by atoms with Gasteiger partial charge in [-0.25, -0.2) is 19.2 Å². The van der Waals surface area contributed by atoms with Crippen LogP contribution in [0.2, 0.25) is 0 Å². The molecule has 0 atom stereocenters. The van der Waals surface area contributed by atoms with E-state index in [9.17, 15) is 33.6 Å². The number of rotatable bonds is 8. The van der Waals surface area contributed by atoms with E-state index in [1.165, 1.54) is 30.3 Å². The predicted molar refractivity (Wildman–Crippen MR) is 135 cm³/mol. The molecule has 0 spiro atoms. The van der Waals surface area contributed by atoms with Crippen molar-refractivity contribution in [1.29, 1.82) is 0 Å². The predicted octanol–water partition coefficient (Wildman–Crippen LogP) is 2.08. The SMILES string of the molecule is O.O=C(O)c1ccc(C(=O)O)o1.O=Cc1ccc(C(=O)O)o1.O=Cc1ccc(C(=O)O)o1.O=Cc1ccc(CO)o1.O=O. The normalized spacial score (nSPS) is 8.77. The molecule has 4 aromatic heterocycles. The summed E-state index contributed by atoms with van der Waals surface area (Å²) in [4.78, 5) is 84.4. The largest absolute Gasteiger partial charge is 0.475 e. The van der Waals surface area contributed by atoms with Crippen molar-refractivity contribution in [3.05, 3.63) is 105 Å². The Morgan fingerprint density at radius 1 is 0.512 bits per heavy atom. The van der Waals surface area contributed by atoms with Gasteiger partial charge in [-0.1, -0.05) is 0 Å². The fourth-order valence-corrected chi connectivity index (χ4v) is 2.17. The number of hydrogen-bond acceptors (Lipinski definition) is 14. The number of aliphatic hydroxyl groups excluding tert-OH is 1. The third-order valence-corrected chi connectivity index (χ3v) is 3.89. The van der Waals surface area contributed by atoms with E-state index in [0.717, 1.165) is 12.1 Å². The van der Waals surface area contributed by atoms with Gasteiger partial charge in [0.15, 0.2) is 36.1 Å². The average Bonchev–Trinajstić information content (AvgIpc) is 3.80. The zero-order chi connectivity index (χ0) is 32.2. The number of carboxylic acids is 4. The molecule has 0 bridgehead atoms. The molecule has 0 radical (unpaired) electrons. The molecule has 0 saturated heterocycles. The summed E-state index contributed by atoms with van der Waals surface area (Å²) in [5, 5.41) is 41.6. The fourth-order valence-electron chi connectivity index (χ4n) is 2.17. The van der Waals surface area contributed by atoms with Gasteiger partial charge in [-0.15, -0.1) is 0 Å². The highest BCUT2D eigenvalue weighted by molar-refractivity contribution is 5.89. The summed E-state index contributed by atoms with van der Waals surface area (Å²) >= 11 is 0. The number of furan rings is 4. The first-order valence-corrected chi connectivity index (χ1v) is 10.4. The van der Waals surface area contributed by atoms with Crippen molar-refractivity contribution >= 4 is 42.7 Å². The van der Waals surface area contributed by atoms with E-state index in [1.807, 2.05) is 0 Å². The van der Waals surface area contributed by atoms with Crippen molar-refractivity contribution in [3.8, 4) is 0 Å². The Morgan fingerprint density at radius 3 is 0.977 bits per heavy atom. The van der Waals surface area contributed by atoms with Crippen LogP contribution >= 0.6 is 0 Å². The molecule has 0 unspecified atom stereocenters. The van der Waals surface area contributed by atoms with Crippen molar-refractivity contribution in [2.75, 3.05) is 0 Å². The lowest BCUT2D eigenvalue weighted by Gasteiger charge is -1.84. The van der Waals surface area contributed by atoms with Crippen LogP contribution in [0.3, 0.4) is 0 Å². The first-order valence-electron chi connectivity index (χ1n) is 10.4. The van der Waals surface area contributed by atoms with Crippen molar-refractivity contribution in [2.45, 2.75) is 6.61 Å². The van der Waals surface area contributed by atoms with E-state index >= 15 is 0 Å². The van der Waals surface area contributed by atoms with Crippen LogP contribution < -0.4 is 0 Å². The number of aromatic carboxylic acids is 4. The minimum absolute atomic E-state index is 0. The minimum Gasteiger partial charge on any atom is -0.475 e. The van der Waals surface area contributed by atoms with E-state index in [-0.39, 0.29) is 52.4 Å². The summed E-state index contributed by atoms with van der Waals surface area (Å²) in [7, 11) is 0. The van der Waals surface area contributed by atoms with Gasteiger partial charge in [0.1, 0.15) is 12.4 Å². The average molecular weight is 612 g/mol. The third-order valence-electron chi connectivity index (χ3n) is 3.89. The first-order chi connectivity index (χ1) is 19.9. The Morgan fingerprint density at radius 2 is 0.791 bits per heavy atom. The molecular formula is C24H20O19. The topological polar surface area (TPSA) is 339 Å². The van der Waals surface area contributed by atoms with Gasteiger partial charge >= 0.3 is 23.9 Å². The Hall–Kier alpha value is -6.47. The maximum absolute atomic E-state index is 10.2. The number of aliphatic hydroxyl groups is 1. The van der Waals surface area contributed by atoms with Crippen LogP contribution in [0, 0.1) is 9.93 Å². The second-order valence-corrected chi connectivity index (χ2v) is 6.60. The lowest BCUT2D eigenvalue weighted by molar-refractivity contribution is 0.0623. The smallest absolute Gasteiger partial charge is 0.371 e. The molecule has 0 aromatic carbocycles. The van der Waals surface area contributed by atoms with Crippen LogP contribution in [0.4, 0.5) is 0 Å². The number of aldehydes is 3. The molecule has 0 fully saturated rings. The number of carboxylic acid groups (broad SMARTS) is 4. The number of hydrogen-bond donors (Lipinski definition) is 5. The van der Waals surface area contributed by atoms with E-state index in [4.69, 9.17) is 39.9 Å². The molecule has 0 aliphatic rings. The highest BCUT2D eigenvalue weighted by Gasteiger charge is 2.13. The van der Waals surface area contributed by atoms with Gasteiger partial charge in [0.05, 0.1) is 0 Å². The standard InChI is InChI=1S/C6H4O5.2C6H4O4.C6H6O3.O2.H2O/c7-5(8)3-1-2-4(11-3)6(9)10;2*7-3-4-1-2-5(10-4)6(8)9;7-3-5-1-2-6(4-8)9-5;1-2;/h1-2H,(H,7,8)(H,9,10);2*1-3H,(H,8,9);1-3,8H,4H2;;1H2. The monoisotopic (exact) mass is 612 g/mol. The van der Waals surface area contributed by atoms with Crippen molar-refractivity contribution in [2.24, 2.45) is 0 Å². The van der Waals surface area contributed by atoms with Crippen LogP contribution in [-0.4, -0.2) is 73.7 Å². The van der Waals surface area contributed by atoms with E-state index in [0.29, 0.717) is 24.6 Å². The van der Waals surface area contributed by atoms with Crippen LogP contribution in [0.1, 0.15) is 79.6 Å². The lowest BCUT2D eigenvalue weighted by atomic mass is 10.4. The summed E-state index contributed by atoms with van der Waals surface area (Å²) in [6.07, 6.45) is 1.50. The van der Waals surface area contributed by atoms with Crippen LogP contribution in [-0.2, 0) is 6.61 Å². The minimum atomic E-state index is -1.28. The van der Waals surface area contributed by atoms with Crippen molar-refractivity contribution in [1.82, 2.24) is 0 Å². The van der Waals surface area contributed by atoms with E-state index in [2.05, 4.69) is 13.3 Å². The molecule has 0 saturated carbocycles. The van der Waals surface area contributed by atoms with E-state index < -0.39 is 23.9 Å². The molecule has 0 aliphatic heterocycles. The molecule has 4 rings (SSSR count). The molecule has 4 aromatic rings. The van der Waals surface area contributed by atoms with E-state index in [1.54, 1.807) is 6.07 Å². The molecule has 0 aliphatic carbocycles. The van der Waals surface area contributed by atoms with Crippen molar-refractivity contribution < 1.29 is 82.2 Å². The Balaban J connectivity index is 0. The van der Waals surface area contributed by atoms with Gasteiger partial charge in [0.25, 0.3) is 0 Å². The Labute approximate surface area is 236 Å². The fraction of sp³-hybridized carbons (Fsp3) is 0.0417. The number of carbonyl (C=O) groups is 7. The summed E-state index contributed by atoms with van der Waals surface area (Å²) < 4.78 is 18.2. The maximum atomic E-state index is 10.2. The van der Waals surface area contributed by atoms with Gasteiger partial charge in [-0.2, -0.15) is 0 Å². The van der Waals surface area contributed by atoms with Crippen molar-refractivity contribution in [3.63, 3.8) is 0 Å². The molecule has 19 nitrogen and oxygen atoms in total. The molecule has 4 heterocycles. The Kier molecular flexibility index (Phi) is 18.4. The zero-order valence-electron chi connectivity index (χ0n) is 21.1. The second kappa shape index (κ2) is 20.4. The molecule has 230 valence electrons. The van der Waals surface area contributed by atoms with Gasteiger partial charge < -0.3 is 48.7 Å². The van der Waals surface area contributed by atoms with Gasteiger partial charge in [0, 0.05) is 9.93 Å². The lowest BCUT2D eigenvalue weighted by Crippen LogP contribution is -1.94. The van der Waals surface area contributed by atoms with Gasteiger partial charge in [-0.3, -0.25) is 14.4 Å². The molecule has 0 amide bonds.